The van der Waals surface area contributed by atoms with E-state index in [1.165, 1.54) is 18.2 Å². The molecule has 176 valence electrons. The van der Waals surface area contributed by atoms with Crippen LogP contribution in [0.15, 0.2) is 36.5 Å². The van der Waals surface area contributed by atoms with E-state index in [4.69, 9.17) is 4.74 Å². The van der Waals surface area contributed by atoms with E-state index in [2.05, 4.69) is 10.3 Å². The van der Waals surface area contributed by atoms with Crippen molar-refractivity contribution in [1.82, 2.24) is 9.88 Å². The van der Waals surface area contributed by atoms with Gasteiger partial charge in [-0.2, -0.15) is 13.2 Å². The molecule has 0 bridgehead atoms. The van der Waals surface area contributed by atoms with Crippen molar-refractivity contribution < 1.29 is 27.5 Å². The lowest BCUT2D eigenvalue weighted by Gasteiger charge is -2.31. The van der Waals surface area contributed by atoms with Crippen molar-refractivity contribution in [3.8, 4) is 0 Å². The predicted molar refractivity (Wildman–Crippen MR) is 119 cm³/mol. The molecule has 33 heavy (non-hydrogen) atoms. The van der Waals surface area contributed by atoms with E-state index in [1.54, 1.807) is 44.9 Å². The molecular formula is C24H26F3N3O3. The maximum absolute atomic E-state index is 12.7. The van der Waals surface area contributed by atoms with Crippen molar-refractivity contribution in [3.05, 3.63) is 64.5 Å². The van der Waals surface area contributed by atoms with Gasteiger partial charge in [0.15, 0.2) is 0 Å². The number of ether oxygens (including phenoxy) is 1. The Labute approximate surface area is 190 Å². The van der Waals surface area contributed by atoms with Crippen LogP contribution in [0.3, 0.4) is 0 Å². The first-order valence-corrected chi connectivity index (χ1v) is 10.4. The molecule has 0 radical (unpaired) electrons. The Kier molecular flexibility index (Phi) is 6.81. The van der Waals surface area contributed by atoms with E-state index in [0.29, 0.717) is 41.9 Å². The number of pyridine rings is 1. The summed E-state index contributed by atoms with van der Waals surface area (Å²) in [6.07, 6.45) is -1.57. The van der Waals surface area contributed by atoms with E-state index >= 15 is 0 Å². The number of fused-ring (bicyclic) bond motifs is 1. The number of hydrogen-bond acceptors (Lipinski definition) is 4. The molecule has 1 aliphatic rings. The zero-order valence-corrected chi connectivity index (χ0v) is 18.9. The molecule has 1 aromatic heterocycles. The first-order chi connectivity index (χ1) is 15.3. The molecule has 2 aromatic rings. The molecule has 0 aliphatic carbocycles. The number of amides is 2. The third kappa shape index (κ3) is 6.81. The first kappa shape index (κ1) is 24.3. The molecule has 0 saturated carbocycles. The van der Waals surface area contributed by atoms with Gasteiger partial charge in [-0.25, -0.2) is 4.79 Å². The number of rotatable bonds is 3. The molecule has 3 rings (SSSR count). The fourth-order valence-corrected chi connectivity index (χ4v) is 3.41. The number of carbonyl (C=O) groups is 2. The lowest BCUT2D eigenvalue weighted by Crippen LogP contribution is -2.40. The van der Waals surface area contributed by atoms with Gasteiger partial charge in [0.05, 0.1) is 18.4 Å². The number of carbonyl (C=O) groups excluding carboxylic acids is 2. The molecule has 0 spiro atoms. The zero-order chi connectivity index (χ0) is 24.4. The summed E-state index contributed by atoms with van der Waals surface area (Å²) in [5.41, 5.74) is 2.76. The minimum Gasteiger partial charge on any atom is -0.444 e. The Morgan fingerprint density at radius 3 is 2.55 bits per heavy atom. The molecule has 1 aromatic carbocycles. The second-order valence-corrected chi connectivity index (χ2v) is 8.89. The van der Waals surface area contributed by atoms with Gasteiger partial charge in [0.2, 0.25) is 0 Å². The zero-order valence-electron chi connectivity index (χ0n) is 18.9. The van der Waals surface area contributed by atoms with Gasteiger partial charge in [-0.3, -0.25) is 9.78 Å². The summed E-state index contributed by atoms with van der Waals surface area (Å²) in [4.78, 5) is 31.1. The standard InChI is InChI=1S/C24H26F3N3O3/c1-15-11-16(7-9-24(25,26)27)5-6-19(15)21(31)29-18-12-17-14-30(10-8-20(17)28-13-18)22(32)33-23(2,3)4/h5-7,9,11-13H,8,10,14H2,1-4H3,(H,29,31). The molecular weight excluding hydrogens is 435 g/mol. The highest BCUT2D eigenvalue weighted by molar-refractivity contribution is 6.05. The van der Waals surface area contributed by atoms with Crippen molar-refractivity contribution in [2.24, 2.45) is 0 Å². The van der Waals surface area contributed by atoms with E-state index in [-0.39, 0.29) is 6.08 Å². The molecule has 0 unspecified atom stereocenters. The minimum absolute atomic E-state index is 0.154. The fourth-order valence-electron chi connectivity index (χ4n) is 3.41. The van der Waals surface area contributed by atoms with Crippen LogP contribution in [-0.2, 0) is 17.7 Å². The van der Waals surface area contributed by atoms with Crippen LogP contribution in [0.1, 0.15) is 53.5 Å². The number of hydrogen-bond donors (Lipinski definition) is 1. The maximum Gasteiger partial charge on any atom is 0.410 e. The van der Waals surface area contributed by atoms with Crippen molar-refractivity contribution in [3.63, 3.8) is 0 Å². The van der Waals surface area contributed by atoms with Gasteiger partial charge >= 0.3 is 12.3 Å². The van der Waals surface area contributed by atoms with Gasteiger partial charge in [-0.15, -0.1) is 0 Å². The summed E-state index contributed by atoms with van der Waals surface area (Å²) >= 11 is 0. The highest BCUT2D eigenvalue weighted by Gasteiger charge is 2.26. The summed E-state index contributed by atoms with van der Waals surface area (Å²) in [6, 6.07) is 6.22. The van der Waals surface area contributed by atoms with Gasteiger partial charge in [0, 0.05) is 30.3 Å². The van der Waals surface area contributed by atoms with Gasteiger partial charge in [0.1, 0.15) is 5.60 Å². The van der Waals surface area contributed by atoms with Crippen molar-refractivity contribution in [2.75, 3.05) is 11.9 Å². The number of aromatic nitrogens is 1. The third-order valence-corrected chi connectivity index (χ3v) is 4.91. The molecule has 0 atom stereocenters. The average Bonchev–Trinajstić information content (AvgIpc) is 2.70. The maximum atomic E-state index is 12.7. The largest absolute Gasteiger partial charge is 0.444 e. The van der Waals surface area contributed by atoms with E-state index in [1.807, 2.05) is 0 Å². The number of allylic oxidation sites excluding steroid dienone is 1. The van der Waals surface area contributed by atoms with Crippen LogP contribution in [-0.4, -0.2) is 40.2 Å². The summed E-state index contributed by atoms with van der Waals surface area (Å²) in [6.45, 7) is 7.89. The summed E-state index contributed by atoms with van der Waals surface area (Å²) < 4.78 is 42.5. The van der Waals surface area contributed by atoms with Gasteiger partial charge in [-0.05, 0) is 56.5 Å². The highest BCUT2D eigenvalue weighted by Crippen LogP contribution is 2.24. The summed E-state index contributed by atoms with van der Waals surface area (Å²) in [5.74, 6) is -0.402. The number of nitrogens with zero attached hydrogens (tertiary/aromatic N) is 2. The van der Waals surface area contributed by atoms with Crippen LogP contribution in [0.2, 0.25) is 0 Å². The lowest BCUT2D eigenvalue weighted by molar-refractivity contribution is -0.0790. The molecule has 1 aliphatic heterocycles. The number of benzene rings is 1. The SMILES string of the molecule is Cc1cc(C=CC(F)(F)F)ccc1C(=O)Nc1cnc2c(c1)CN(C(=O)OC(C)(C)C)CC2. The van der Waals surface area contributed by atoms with E-state index in [9.17, 15) is 22.8 Å². The molecule has 2 heterocycles. The smallest absolute Gasteiger partial charge is 0.410 e. The average molecular weight is 461 g/mol. The molecule has 0 saturated heterocycles. The number of aryl methyl sites for hydroxylation is 1. The topological polar surface area (TPSA) is 71.5 Å². The van der Waals surface area contributed by atoms with Crippen LogP contribution in [0.5, 0.6) is 0 Å². The van der Waals surface area contributed by atoms with Crippen LogP contribution >= 0.6 is 0 Å². The quantitative estimate of drug-likeness (QED) is 0.654. The Hall–Kier alpha value is -3.36. The summed E-state index contributed by atoms with van der Waals surface area (Å²) in [7, 11) is 0. The Bertz CT molecular complexity index is 1090. The minimum atomic E-state index is -4.40. The Morgan fingerprint density at radius 2 is 1.91 bits per heavy atom. The molecule has 9 heteroatoms. The van der Waals surface area contributed by atoms with Crippen LogP contribution < -0.4 is 5.32 Å². The lowest BCUT2D eigenvalue weighted by atomic mass is 10.0. The second-order valence-electron chi connectivity index (χ2n) is 8.89. The summed E-state index contributed by atoms with van der Waals surface area (Å²) in [5, 5.41) is 2.77. The van der Waals surface area contributed by atoms with E-state index in [0.717, 1.165) is 17.3 Å². The third-order valence-electron chi connectivity index (χ3n) is 4.91. The monoisotopic (exact) mass is 461 g/mol. The second kappa shape index (κ2) is 9.25. The van der Waals surface area contributed by atoms with Gasteiger partial charge in [-0.1, -0.05) is 18.2 Å². The number of halogens is 3. The van der Waals surface area contributed by atoms with Crippen LogP contribution in [0.25, 0.3) is 6.08 Å². The van der Waals surface area contributed by atoms with Crippen LogP contribution in [0, 0.1) is 6.92 Å². The molecule has 2 amide bonds. The first-order valence-electron chi connectivity index (χ1n) is 10.4. The molecule has 6 nitrogen and oxygen atoms in total. The predicted octanol–water partition coefficient (Wildman–Crippen LogP) is 5.51. The normalized spacial score (nSPS) is 14.2. The number of alkyl halides is 3. The number of nitrogens with one attached hydrogen (secondary N) is 1. The number of anilines is 1. The Morgan fingerprint density at radius 1 is 1.18 bits per heavy atom. The highest BCUT2D eigenvalue weighted by atomic mass is 19.4. The van der Waals surface area contributed by atoms with Crippen molar-refractivity contribution in [2.45, 2.75) is 52.4 Å². The van der Waals surface area contributed by atoms with Crippen LogP contribution in [0.4, 0.5) is 23.7 Å². The van der Waals surface area contributed by atoms with Crippen molar-refractivity contribution >= 4 is 23.8 Å². The fraction of sp³-hybridized carbons (Fsp3) is 0.375. The molecule has 1 N–H and O–H groups in total. The van der Waals surface area contributed by atoms with Gasteiger partial charge < -0.3 is 15.0 Å². The van der Waals surface area contributed by atoms with Gasteiger partial charge in [0.25, 0.3) is 5.91 Å². The van der Waals surface area contributed by atoms with E-state index < -0.39 is 23.8 Å². The van der Waals surface area contributed by atoms with Crippen molar-refractivity contribution in [1.29, 1.82) is 0 Å². The molecule has 0 fully saturated rings. The Balaban J connectivity index is 1.71.